The summed E-state index contributed by atoms with van der Waals surface area (Å²) in [4.78, 5) is 0. The Morgan fingerprint density at radius 1 is 1.26 bits per heavy atom. The van der Waals surface area contributed by atoms with Gasteiger partial charge in [0.1, 0.15) is 12.4 Å². The maximum atomic E-state index is 5.78. The third-order valence-corrected chi connectivity index (χ3v) is 3.39. The van der Waals surface area contributed by atoms with E-state index >= 15 is 0 Å². The molecule has 19 heavy (non-hydrogen) atoms. The van der Waals surface area contributed by atoms with Crippen LogP contribution in [0.15, 0.2) is 24.3 Å². The van der Waals surface area contributed by atoms with Crippen LogP contribution in [-0.4, -0.2) is 25.9 Å². The molecule has 3 nitrogen and oxygen atoms in total. The second kappa shape index (κ2) is 8.18. The average Bonchev–Trinajstić information content (AvgIpc) is 2.48. The monoisotopic (exact) mass is 263 g/mol. The first-order valence-electron chi connectivity index (χ1n) is 7.42. The summed E-state index contributed by atoms with van der Waals surface area (Å²) in [5.41, 5.74) is 1.30. The molecule has 3 heteroatoms. The van der Waals surface area contributed by atoms with E-state index in [4.69, 9.17) is 9.47 Å². The third-order valence-electron chi connectivity index (χ3n) is 3.39. The van der Waals surface area contributed by atoms with Crippen molar-refractivity contribution in [3.05, 3.63) is 29.8 Å². The van der Waals surface area contributed by atoms with Crippen LogP contribution in [0.5, 0.6) is 5.75 Å². The minimum Gasteiger partial charge on any atom is -0.491 e. The second-order valence-corrected chi connectivity index (χ2v) is 5.12. The molecular weight excluding hydrogens is 238 g/mol. The van der Waals surface area contributed by atoms with Gasteiger partial charge in [-0.1, -0.05) is 19.1 Å². The summed E-state index contributed by atoms with van der Waals surface area (Å²) >= 11 is 0. The summed E-state index contributed by atoms with van der Waals surface area (Å²) in [5, 5.41) is 3.39. The summed E-state index contributed by atoms with van der Waals surface area (Å²) < 4.78 is 11.4. The zero-order chi connectivity index (χ0) is 13.3. The fourth-order valence-corrected chi connectivity index (χ4v) is 2.24. The Bertz CT molecular complexity index is 344. The van der Waals surface area contributed by atoms with Gasteiger partial charge in [-0.25, -0.2) is 0 Å². The highest BCUT2D eigenvalue weighted by atomic mass is 16.5. The van der Waals surface area contributed by atoms with Gasteiger partial charge in [0.2, 0.25) is 0 Å². The van der Waals surface area contributed by atoms with E-state index in [2.05, 4.69) is 24.4 Å². The van der Waals surface area contributed by atoms with Crippen LogP contribution in [0.3, 0.4) is 0 Å². The fraction of sp³-hybridized carbons (Fsp3) is 0.625. The maximum Gasteiger partial charge on any atom is 0.119 e. The van der Waals surface area contributed by atoms with E-state index in [0.717, 1.165) is 31.9 Å². The number of hydrogen-bond acceptors (Lipinski definition) is 3. The summed E-state index contributed by atoms with van der Waals surface area (Å²) in [6, 6.07) is 8.34. The molecule has 1 heterocycles. The van der Waals surface area contributed by atoms with Crippen LogP contribution in [0.25, 0.3) is 0 Å². The van der Waals surface area contributed by atoms with E-state index in [9.17, 15) is 0 Å². The molecule has 106 valence electrons. The van der Waals surface area contributed by atoms with E-state index in [-0.39, 0.29) is 6.10 Å². The number of benzene rings is 1. The SMILES string of the molecule is CCCNCc1ccc(OCC2CCCCO2)cc1. The van der Waals surface area contributed by atoms with Gasteiger partial charge in [0.25, 0.3) is 0 Å². The summed E-state index contributed by atoms with van der Waals surface area (Å²) in [5.74, 6) is 0.938. The van der Waals surface area contributed by atoms with Gasteiger partial charge in [-0.2, -0.15) is 0 Å². The van der Waals surface area contributed by atoms with Crippen molar-refractivity contribution < 1.29 is 9.47 Å². The van der Waals surface area contributed by atoms with Crippen molar-refractivity contribution >= 4 is 0 Å². The molecule has 1 aliphatic heterocycles. The molecule has 1 N–H and O–H groups in total. The molecule has 0 spiro atoms. The number of nitrogens with one attached hydrogen (secondary N) is 1. The molecule has 1 fully saturated rings. The summed E-state index contributed by atoms with van der Waals surface area (Å²) in [6.07, 6.45) is 5.02. The van der Waals surface area contributed by atoms with Gasteiger partial charge in [0.15, 0.2) is 0 Å². The van der Waals surface area contributed by atoms with Crippen LogP contribution in [0.2, 0.25) is 0 Å². The Morgan fingerprint density at radius 3 is 2.79 bits per heavy atom. The van der Waals surface area contributed by atoms with Crippen molar-refractivity contribution in [3.63, 3.8) is 0 Å². The largest absolute Gasteiger partial charge is 0.491 e. The quantitative estimate of drug-likeness (QED) is 0.767. The van der Waals surface area contributed by atoms with Crippen molar-refractivity contribution in [1.29, 1.82) is 0 Å². The van der Waals surface area contributed by atoms with Gasteiger partial charge in [-0.3, -0.25) is 0 Å². The first-order valence-corrected chi connectivity index (χ1v) is 7.42. The van der Waals surface area contributed by atoms with Crippen molar-refractivity contribution in [3.8, 4) is 5.75 Å². The Balaban J connectivity index is 1.71. The number of ether oxygens (including phenoxy) is 2. The molecule has 0 bridgehead atoms. The molecule has 1 aromatic rings. The van der Waals surface area contributed by atoms with Gasteiger partial charge in [-0.05, 0) is 49.9 Å². The Hall–Kier alpha value is -1.06. The van der Waals surface area contributed by atoms with Crippen LogP contribution >= 0.6 is 0 Å². The Morgan fingerprint density at radius 2 is 2.11 bits per heavy atom. The lowest BCUT2D eigenvalue weighted by Crippen LogP contribution is -2.25. The van der Waals surface area contributed by atoms with Crippen LogP contribution in [-0.2, 0) is 11.3 Å². The minimum absolute atomic E-state index is 0.277. The van der Waals surface area contributed by atoms with Gasteiger partial charge in [-0.15, -0.1) is 0 Å². The fourth-order valence-electron chi connectivity index (χ4n) is 2.24. The molecular formula is C16H25NO2. The lowest BCUT2D eigenvalue weighted by Gasteiger charge is -2.22. The first-order chi connectivity index (χ1) is 9.38. The minimum atomic E-state index is 0.277. The molecule has 2 rings (SSSR count). The molecule has 1 saturated heterocycles. The molecule has 0 radical (unpaired) electrons. The second-order valence-electron chi connectivity index (χ2n) is 5.12. The predicted octanol–water partition coefficient (Wildman–Crippen LogP) is 3.13. The van der Waals surface area contributed by atoms with E-state index < -0.39 is 0 Å². The maximum absolute atomic E-state index is 5.78. The lowest BCUT2D eigenvalue weighted by atomic mass is 10.1. The summed E-state index contributed by atoms with van der Waals surface area (Å²) in [7, 11) is 0. The standard InChI is InChI=1S/C16H25NO2/c1-2-10-17-12-14-6-8-15(9-7-14)19-13-16-5-3-4-11-18-16/h6-9,16-17H,2-5,10-13H2,1H3. The van der Waals surface area contributed by atoms with Gasteiger partial charge in [0, 0.05) is 13.2 Å². The average molecular weight is 263 g/mol. The van der Waals surface area contributed by atoms with Crippen molar-refractivity contribution in [2.45, 2.75) is 45.3 Å². The van der Waals surface area contributed by atoms with E-state index in [1.807, 2.05) is 12.1 Å². The molecule has 1 aromatic carbocycles. The Kier molecular flexibility index (Phi) is 6.18. The predicted molar refractivity (Wildman–Crippen MR) is 77.5 cm³/mol. The normalized spacial score (nSPS) is 19.3. The Labute approximate surface area is 116 Å². The molecule has 0 saturated carbocycles. The zero-order valence-corrected chi connectivity index (χ0v) is 11.9. The topological polar surface area (TPSA) is 30.5 Å². The highest BCUT2D eigenvalue weighted by Crippen LogP contribution is 2.16. The van der Waals surface area contributed by atoms with Crippen LogP contribution in [0.4, 0.5) is 0 Å². The zero-order valence-electron chi connectivity index (χ0n) is 11.9. The molecule has 0 aromatic heterocycles. The van der Waals surface area contributed by atoms with E-state index in [1.165, 1.54) is 24.8 Å². The summed E-state index contributed by atoms with van der Waals surface area (Å²) in [6.45, 7) is 5.73. The van der Waals surface area contributed by atoms with Crippen molar-refractivity contribution in [2.75, 3.05) is 19.8 Å². The number of rotatable bonds is 7. The lowest BCUT2D eigenvalue weighted by molar-refractivity contribution is -0.0110. The van der Waals surface area contributed by atoms with Crippen LogP contribution in [0, 0.1) is 0 Å². The highest BCUT2D eigenvalue weighted by molar-refractivity contribution is 5.27. The number of hydrogen-bond donors (Lipinski definition) is 1. The molecule has 0 amide bonds. The van der Waals surface area contributed by atoms with Crippen molar-refractivity contribution in [2.24, 2.45) is 0 Å². The van der Waals surface area contributed by atoms with Crippen molar-refractivity contribution in [1.82, 2.24) is 5.32 Å². The molecule has 1 unspecified atom stereocenters. The van der Waals surface area contributed by atoms with Crippen LogP contribution < -0.4 is 10.1 Å². The van der Waals surface area contributed by atoms with E-state index in [0.29, 0.717) is 6.61 Å². The van der Waals surface area contributed by atoms with E-state index in [1.54, 1.807) is 0 Å². The molecule has 1 atom stereocenters. The van der Waals surface area contributed by atoms with Gasteiger partial charge in [0.05, 0.1) is 6.10 Å². The molecule has 1 aliphatic rings. The van der Waals surface area contributed by atoms with Gasteiger partial charge < -0.3 is 14.8 Å². The van der Waals surface area contributed by atoms with Crippen LogP contribution in [0.1, 0.15) is 38.2 Å². The smallest absolute Gasteiger partial charge is 0.119 e. The first kappa shape index (κ1) is 14.4. The highest BCUT2D eigenvalue weighted by Gasteiger charge is 2.14. The third kappa shape index (κ3) is 5.21. The molecule has 0 aliphatic carbocycles. The van der Waals surface area contributed by atoms with Gasteiger partial charge >= 0.3 is 0 Å².